The number of hydrogen-bond donors (Lipinski definition) is 1. The number of benzene rings is 2. The van der Waals surface area contributed by atoms with Crippen LogP contribution in [0.3, 0.4) is 0 Å². The van der Waals surface area contributed by atoms with Crippen LogP contribution in [-0.2, 0) is 19.6 Å². The van der Waals surface area contributed by atoms with E-state index in [1.807, 2.05) is 0 Å². The third kappa shape index (κ3) is 4.28. The number of Topliss-reactive ketones (excluding diaryl/α,β-unsaturated/α-hetero) is 1. The minimum atomic E-state index is -4.03. The predicted octanol–water partition coefficient (Wildman–Crippen LogP) is 4.57. The molecule has 8 heteroatoms. The fraction of sp³-hybridized carbons (Fsp3) is 0.440. The molecule has 0 radical (unpaired) electrons. The van der Waals surface area contributed by atoms with E-state index in [-0.39, 0.29) is 34.0 Å². The number of hydrogen-bond acceptors (Lipinski definition) is 5. The molecule has 4 fully saturated rings. The predicted molar refractivity (Wildman–Crippen MR) is 120 cm³/mol. The molecule has 4 aliphatic carbocycles. The van der Waals surface area contributed by atoms with E-state index in [9.17, 15) is 22.4 Å². The Bertz CT molecular complexity index is 1160. The Hall–Kier alpha value is -2.74. The Morgan fingerprint density at radius 2 is 1.52 bits per heavy atom. The topological polar surface area (TPSA) is 89.5 Å². The number of ether oxygens (including phenoxy) is 1. The molecule has 6 rings (SSSR count). The summed E-state index contributed by atoms with van der Waals surface area (Å²) in [5, 5.41) is 0. The van der Waals surface area contributed by atoms with Crippen molar-refractivity contribution in [1.82, 2.24) is 0 Å². The van der Waals surface area contributed by atoms with Crippen LogP contribution in [0.25, 0.3) is 0 Å². The van der Waals surface area contributed by atoms with Gasteiger partial charge in [-0.3, -0.25) is 9.52 Å². The zero-order valence-electron chi connectivity index (χ0n) is 18.1. The van der Waals surface area contributed by atoms with Gasteiger partial charge in [0.1, 0.15) is 5.82 Å². The minimum absolute atomic E-state index is 0.0169. The van der Waals surface area contributed by atoms with Crippen LogP contribution >= 0.6 is 0 Å². The van der Waals surface area contributed by atoms with Crippen LogP contribution < -0.4 is 4.72 Å². The minimum Gasteiger partial charge on any atom is -0.454 e. The van der Waals surface area contributed by atoms with E-state index in [1.165, 1.54) is 61.7 Å². The van der Waals surface area contributed by atoms with E-state index in [1.54, 1.807) is 0 Å². The lowest BCUT2D eigenvalue weighted by atomic mass is 9.48. The molecule has 4 bridgehead atoms. The molecular formula is C25H26FNO5S. The zero-order valence-corrected chi connectivity index (χ0v) is 18.9. The summed E-state index contributed by atoms with van der Waals surface area (Å²) in [6.45, 7) is -0.250. The second kappa shape index (κ2) is 8.24. The third-order valence-electron chi connectivity index (χ3n) is 7.48. The summed E-state index contributed by atoms with van der Waals surface area (Å²) in [4.78, 5) is 25.4. The first kappa shape index (κ1) is 22.1. The van der Waals surface area contributed by atoms with Crippen molar-refractivity contribution in [2.75, 3.05) is 11.3 Å². The Labute approximate surface area is 192 Å². The standard InChI is InChI=1S/C25H26FNO5S/c26-21-3-1-2-4-22(21)27-33(30,31)20-7-5-19(6-8-20)24(29)32-15-23(28)25-12-16-9-17(13-25)11-18(10-16)14-25/h1-8,16-18,27H,9-15H2. The molecule has 0 amide bonds. The smallest absolute Gasteiger partial charge is 0.338 e. The summed E-state index contributed by atoms with van der Waals surface area (Å²) >= 11 is 0. The summed E-state index contributed by atoms with van der Waals surface area (Å²) in [6, 6.07) is 10.6. The molecule has 4 saturated carbocycles. The Morgan fingerprint density at radius 3 is 2.09 bits per heavy atom. The van der Waals surface area contributed by atoms with Crippen molar-refractivity contribution in [3.8, 4) is 0 Å². The molecule has 1 N–H and O–H groups in total. The first-order valence-electron chi connectivity index (χ1n) is 11.3. The van der Waals surface area contributed by atoms with E-state index < -0.39 is 21.8 Å². The lowest BCUT2D eigenvalue weighted by Gasteiger charge is -2.55. The Morgan fingerprint density at radius 1 is 0.939 bits per heavy atom. The van der Waals surface area contributed by atoms with Gasteiger partial charge >= 0.3 is 5.97 Å². The highest BCUT2D eigenvalue weighted by Crippen LogP contribution is 2.60. The van der Waals surface area contributed by atoms with E-state index in [0.29, 0.717) is 17.8 Å². The molecule has 2 aromatic rings. The van der Waals surface area contributed by atoms with Crippen molar-refractivity contribution in [3.63, 3.8) is 0 Å². The van der Waals surface area contributed by atoms with Gasteiger partial charge in [0.15, 0.2) is 12.4 Å². The van der Waals surface area contributed by atoms with Crippen LogP contribution in [0.4, 0.5) is 10.1 Å². The maximum atomic E-state index is 13.8. The Balaban J connectivity index is 1.21. The molecule has 0 aliphatic heterocycles. The van der Waals surface area contributed by atoms with Crippen molar-refractivity contribution < 1.29 is 27.1 Å². The van der Waals surface area contributed by atoms with Gasteiger partial charge < -0.3 is 4.74 Å². The monoisotopic (exact) mass is 471 g/mol. The molecule has 2 aromatic carbocycles. The van der Waals surface area contributed by atoms with E-state index in [2.05, 4.69) is 4.72 Å². The number of nitrogens with one attached hydrogen (secondary N) is 1. The van der Waals surface area contributed by atoms with Gasteiger partial charge in [-0.2, -0.15) is 0 Å². The molecule has 33 heavy (non-hydrogen) atoms. The highest BCUT2D eigenvalue weighted by atomic mass is 32.2. The molecule has 174 valence electrons. The molecule has 4 aliphatic rings. The van der Waals surface area contributed by atoms with Crippen LogP contribution in [-0.4, -0.2) is 26.8 Å². The molecule has 0 unspecified atom stereocenters. The van der Waals surface area contributed by atoms with Crippen molar-refractivity contribution in [2.45, 2.75) is 43.4 Å². The van der Waals surface area contributed by atoms with Crippen LogP contribution in [0, 0.1) is 29.0 Å². The van der Waals surface area contributed by atoms with Gasteiger partial charge in [0.25, 0.3) is 10.0 Å². The largest absolute Gasteiger partial charge is 0.454 e. The quantitative estimate of drug-likeness (QED) is 0.598. The van der Waals surface area contributed by atoms with Crippen molar-refractivity contribution in [3.05, 3.63) is 59.9 Å². The summed E-state index contributed by atoms with van der Waals surface area (Å²) in [7, 11) is -4.03. The van der Waals surface area contributed by atoms with E-state index in [0.717, 1.165) is 25.3 Å². The fourth-order valence-electron chi connectivity index (χ4n) is 6.34. The number of sulfonamides is 1. The fourth-order valence-corrected chi connectivity index (χ4v) is 7.40. The lowest BCUT2D eigenvalue weighted by Crippen LogP contribution is -2.51. The number of carbonyl (C=O) groups is 2. The van der Waals surface area contributed by atoms with Gasteiger partial charge in [-0.05, 0) is 92.7 Å². The van der Waals surface area contributed by atoms with E-state index >= 15 is 0 Å². The molecule has 6 nitrogen and oxygen atoms in total. The van der Waals surface area contributed by atoms with Crippen molar-refractivity contribution in [1.29, 1.82) is 0 Å². The first-order chi connectivity index (χ1) is 15.7. The van der Waals surface area contributed by atoms with Crippen LogP contribution in [0.15, 0.2) is 53.4 Å². The number of para-hydroxylation sites is 1. The lowest BCUT2D eigenvalue weighted by molar-refractivity contribution is -0.147. The summed E-state index contributed by atoms with van der Waals surface area (Å²) in [5.41, 5.74) is -0.340. The number of ketones is 1. The SMILES string of the molecule is O=C(OCC(=O)C12CC3CC(CC(C3)C1)C2)c1ccc(S(=O)(=O)Nc2ccccc2F)cc1. The number of anilines is 1. The second-order valence-corrected chi connectivity index (χ2v) is 11.5. The molecule has 0 aromatic heterocycles. The maximum Gasteiger partial charge on any atom is 0.338 e. The second-order valence-electron chi connectivity index (χ2n) is 9.81. The number of rotatable bonds is 7. The average molecular weight is 472 g/mol. The molecule has 0 heterocycles. The zero-order chi connectivity index (χ0) is 23.2. The van der Waals surface area contributed by atoms with Gasteiger partial charge in [0.05, 0.1) is 16.1 Å². The maximum absolute atomic E-state index is 13.8. The van der Waals surface area contributed by atoms with Crippen molar-refractivity contribution >= 4 is 27.5 Å². The summed E-state index contributed by atoms with van der Waals surface area (Å²) < 4.78 is 46.3. The summed E-state index contributed by atoms with van der Waals surface area (Å²) in [5.74, 6) is 0.544. The van der Waals surface area contributed by atoms with E-state index in [4.69, 9.17) is 4.74 Å². The third-order valence-corrected chi connectivity index (χ3v) is 8.86. The molecule has 0 atom stereocenters. The van der Waals surface area contributed by atoms with Crippen LogP contribution in [0.1, 0.15) is 48.9 Å². The van der Waals surface area contributed by atoms with Gasteiger partial charge in [-0.1, -0.05) is 12.1 Å². The summed E-state index contributed by atoms with van der Waals surface area (Å²) in [6.07, 6.45) is 6.43. The van der Waals surface area contributed by atoms with Gasteiger partial charge in [0.2, 0.25) is 0 Å². The highest BCUT2D eigenvalue weighted by Gasteiger charge is 2.54. The molecular weight excluding hydrogens is 445 g/mol. The van der Waals surface area contributed by atoms with Crippen LogP contribution in [0.2, 0.25) is 0 Å². The number of carbonyl (C=O) groups excluding carboxylic acids is 2. The van der Waals surface area contributed by atoms with Gasteiger partial charge in [0, 0.05) is 5.41 Å². The van der Waals surface area contributed by atoms with Crippen LogP contribution in [0.5, 0.6) is 0 Å². The normalized spacial score (nSPS) is 27.8. The van der Waals surface area contributed by atoms with Gasteiger partial charge in [-0.25, -0.2) is 17.6 Å². The first-order valence-corrected chi connectivity index (χ1v) is 12.8. The average Bonchev–Trinajstić information content (AvgIpc) is 2.78. The number of esters is 1. The molecule has 0 spiro atoms. The highest BCUT2D eigenvalue weighted by molar-refractivity contribution is 7.92. The molecule has 0 saturated heterocycles. The number of halogens is 1. The van der Waals surface area contributed by atoms with Crippen molar-refractivity contribution in [2.24, 2.45) is 23.2 Å². The van der Waals surface area contributed by atoms with Gasteiger partial charge in [-0.15, -0.1) is 0 Å². The Kier molecular flexibility index (Phi) is 5.51.